The number of benzene rings is 2. The van der Waals surface area contributed by atoms with Crippen LogP contribution in [-0.4, -0.2) is 21.0 Å². The van der Waals surface area contributed by atoms with Gasteiger partial charge < -0.3 is 10.4 Å². The number of carbonyl (C=O) groups is 1. The van der Waals surface area contributed by atoms with Crippen molar-refractivity contribution in [3.8, 4) is 5.75 Å². The second-order valence-electron chi connectivity index (χ2n) is 6.81. The molecule has 0 spiro atoms. The normalized spacial score (nSPS) is 11.0. The van der Waals surface area contributed by atoms with Gasteiger partial charge in [0.15, 0.2) is 5.11 Å². The Labute approximate surface area is 170 Å². The number of hydrogen-bond donors (Lipinski definition) is 3. The number of aromatic hydroxyl groups is 1. The van der Waals surface area contributed by atoms with Crippen LogP contribution in [0, 0.1) is 10.1 Å². The maximum atomic E-state index is 12.4. The van der Waals surface area contributed by atoms with E-state index in [2.05, 4.69) is 47.3 Å². The molecule has 0 saturated heterocycles. The lowest BCUT2D eigenvalue weighted by molar-refractivity contribution is -0.384. The molecule has 0 bridgehead atoms. The van der Waals surface area contributed by atoms with Crippen molar-refractivity contribution in [1.29, 1.82) is 0 Å². The van der Waals surface area contributed by atoms with E-state index in [-0.39, 0.29) is 27.7 Å². The average Bonchev–Trinajstić information content (AvgIpc) is 2.55. The first kappa shape index (κ1) is 20.8. The van der Waals surface area contributed by atoms with Gasteiger partial charge in [0.05, 0.1) is 16.7 Å². The van der Waals surface area contributed by atoms with E-state index in [1.165, 1.54) is 12.1 Å². The molecular weight excluding hydrogens is 434 g/mol. The van der Waals surface area contributed by atoms with Crippen LogP contribution in [0.5, 0.6) is 5.75 Å². The third kappa shape index (κ3) is 5.24. The highest BCUT2D eigenvalue weighted by Gasteiger charge is 2.19. The molecule has 0 fully saturated rings. The summed E-state index contributed by atoms with van der Waals surface area (Å²) in [6.07, 6.45) is 0. The second kappa shape index (κ2) is 8.01. The van der Waals surface area contributed by atoms with Crippen molar-refractivity contribution in [2.75, 3.05) is 5.32 Å². The Morgan fingerprint density at radius 2 is 1.89 bits per heavy atom. The van der Waals surface area contributed by atoms with Gasteiger partial charge in [0.1, 0.15) is 5.75 Å². The number of phenolic OH excluding ortho intramolecular Hbond substituents is 1. The lowest BCUT2D eigenvalue weighted by Gasteiger charge is -2.21. The minimum Gasteiger partial charge on any atom is -0.506 e. The Morgan fingerprint density at radius 3 is 2.41 bits per heavy atom. The first-order chi connectivity index (χ1) is 12.5. The maximum Gasteiger partial charge on any atom is 0.273 e. The van der Waals surface area contributed by atoms with Gasteiger partial charge in [-0.2, -0.15) is 0 Å². The number of phenols is 1. The number of amides is 1. The van der Waals surface area contributed by atoms with Gasteiger partial charge in [-0.25, -0.2) is 0 Å². The van der Waals surface area contributed by atoms with E-state index in [0.717, 1.165) is 16.1 Å². The van der Waals surface area contributed by atoms with E-state index in [9.17, 15) is 20.0 Å². The molecule has 3 N–H and O–H groups in total. The minimum absolute atomic E-state index is 0.0415. The zero-order valence-corrected chi connectivity index (χ0v) is 17.3. The summed E-state index contributed by atoms with van der Waals surface area (Å²) in [6, 6.07) is 8.80. The lowest BCUT2D eigenvalue weighted by atomic mass is 9.86. The van der Waals surface area contributed by atoms with Crippen molar-refractivity contribution in [3.63, 3.8) is 0 Å². The van der Waals surface area contributed by atoms with E-state index in [0.29, 0.717) is 5.56 Å². The molecule has 0 atom stereocenters. The maximum absolute atomic E-state index is 12.4. The summed E-state index contributed by atoms with van der Waals surface area (Å²) in [4.78, 5) is 22.4. The topological polar surface area (TPSA) is 104 Å². The standard InChI is InChI=1S/C18H18BrN3O4S/c1-18(2,3)12-6-4-10(8-13(12)19)16(24)21-17(27)20-14-7-5-11(22(25)26)9-15(14)23/h4-9,23H,1-3H3,(H2,20,21,24,27). The number of carbonyl (C=O) groups excluding carboxylic acids is 1. The van der Waals surface area contributed by atoms with E-state index >= 15 is 0 Å². The van der Waals surface area contributed by atoms with Crippen LogP contribution in [0.4, 0.5) is 11.4 Å². The van der Waals surface area contributed by atoms with Crippen molar-refractivity contribution in [2.45, 2.75) is 26.2 Å². The minimum atomic E-state index is -0.622. The molecule has 0 aliphatic carbocycles. The number of halogens is 1. The van der Waals surface area contributed by atoms with E-state index in [1.54, 1.807) is 12.1 Å². The van der Waals surface area contributed by atoms with Crippen molar-refractivity contribution < 1.29 is 14.8 Å². The van der Waals surface area contributed by atoms with Crippen molar-refractivity contribution in [3.05, 3.63) is 62.1 Å². The smallest absolute Gasteiger partial charge is 0.273 e. The number of non-ortho nitro benzene ring substituents is 1. The molecule has 27 heavy (non-hydrogen) atoms. The van der Waals surface area contributed by atoms with Gasteiger partial charge in [-0.3, -0.25) is 20.2 Å². The molecule has 2 aromatic carbocycles. The molecule has 7 nitrogen and oxygen atoms in total. The zero-order chi connectivity index (χ0) is 20.4. The fourth-order valence-corrected chi connectivity index (χ4v) is 3.51. The first-order valence-corrected chi connectivity index (χ1v) is 9.09. The van der Waals surface area contributed by atoms with Crippen LogP contribution in [0.1, 0.15) is 36.7 Å². The third-order valence-corrected chi connectivity index (χ3v) is 4.57. The molecule has 0 aliphatic heterocycles. The Hall–Kier alpha value is -2.52. The summed E-state index contributed by atoms with van der Waals surface area (Å²) in [5.41, 5.74) is 1.30. The SMILES string of the molecule is CC(C)(C)c1ccc(C(=O)NC(=S)Nc2ccc([N+](=O)[O-])cc2O)cc1Br. The molecule has 2 aromatic rings. The predicted octanol–water partition coefficient (Wildman–Crippen LogP) is 4.49. The largest absolute Gasteiger partial charge is 0.506 e. The molecule has 0 aromatic heterocycles. The third-order valence-electron chi connectivity index (χ3n) is 3.71. The van der Waals surface area contributed by atoms with Gasteiger partial charge in [-0.05, 0) is 41.4 Å². The molecule has 0 heterocycles. The van der Waals surface area contributed by atoms with Gasteiger partial charge in [0, 0.05) is 16.1 Å². The fourth-order valence-electron chi connectivity index (χ4n) is 2.33. The van der Waals surface area contributed by atoms with Crippen LogP contribution in [0.2, 0.25) is 0 Å². The Morgan fingerprint density at radius 1 is 1.22 bits per heavy atom. The van der Waals surface area contributed by atoms with Crippen molar-refractivity contribution in [2.24, 2.45) is 0 Å². The number of nitro groups is 1. The van der Waals surface area contributed by atoms with Gasteiger partial charge in [-0.1, -0.05) is 42.8 Å². The second-order valence-corrected chi connectivity index (χ2v) is 8.07. The van der Waals surface area contributed by atoms with Gasteiger partial charge in [0.25, 0.3) is 11.6 Å². The number of hydrogen-bond acceptors (Lipinski definition) is 5. The molecule has 0 saturated carbocycles. The summed E-state index contributed by atoms with van der Waals surface area (Å²) in [5, 5.41) is 25.6. The molecule has 0 radical (unpaired) electrons. The molecule has 9 heteroatoms. The molecule has 1 amide bonds. The summed E-state index contributed by atoms with van der Waals surface area (Å²) in [6.45, 7) is 6.22. The zero-order valence-electron chi connectivity index (χ0n) is 14.9. The molecule has 142 valence electrons. The Bertz CT molecular complexity index is 925. The van der Waals surface area contributed by atoms with E-state index in [1.807, 2.05) is 6.07 Å². The van der Waals surface area contributed by atoms with Crippen molar-refractivity contribution >= 4 is 50.5 Å². The summed E-state index contributed by atoms with van der Waals surface area (Å²) in [5.74, 6) is -0.770. The highest BCUT2D eigenvalue weighted by molar-refractivity contribution is 9.10. The van der Waals surface area contributed by atoms with Crippen LogP contribution >= 0.6 is 28.1 Å². The number of rotatable bonds is 3. The number of nitrogens with one attached hydrogen (secondary N) is 2. The number of nitrogens with zero attached hydrogens (tertiary/aromatic N) is 1. The lowest BCUT2D eigenvalue weighted by Crippen LogP contribution is -2.34. The summed E-state index contributed by atoms with van der Waals surface area (Å²) in [7, 11) is 0. The van der Waals surface area contributed by atoms with E-state index < -0.39 is 10.8 Å². The van der Waals surface area contributed by atoms with Crippen LogP contribution in [0.3, 0.4) is 0 Å². The average molecular weight is 452 g/mol. The van der Waals surface area contributed by atoms with Crippen LogP contribution in [0.25, 0.3) is 0 Å². The van der Waals surface area contributed by atoms with Gasteiger partial charge in [-0.15, -0.1) is 0 Å². The Kier molecular flexibility index (Phi) is 6.17. The van der Waals surface area contributed by atoms with E-state index in [4.69, 9.17) is 12.2 Å². The highest BCUT2D eigenvalue weighted by atomic mass is 79.9. The molecule has 0 unspecified atom stereocenters. The first-order valence-electron chi connectivity index (χ1n) is 7.89. The number of thiocarbonyl (C=S) groups is 1. The molecular formula is C18H18BrN3O4S. The van der Waals surface area contributed by atoms with Gasteiger partial charge >= 0.3 is 0 Å². The van der Waals surface area contributed by atoms with Crippen LogP contribution < -0.4 is 10.6 Å². The Balaban J connectivity index is 2.09. The molecule has 0 aliphatic rings. The van der Waals surface area contributed by atoms with Crippen LogP contribution in [-0.2, 0) is 5.41 Å². The predicted molar refractivity (Wildman–Crippen MR) is 111 cm³/mol. The fraction of sp³-hybridized carbons (Fsp3) is 0.222. The van der Waals surface area contributed by atoms with Crippen LogP contribution in [0.15, 0.2) is 40.9 Å². The summed E-state index contributed by atoms with van der Waals surface area (Å²) < 4.78 is 0.814. The summed E-state index contributed by atoms with van der Waals surface area (Å²) >= 11 is 8.56. The number of nitro benzene ring substituents is 1. The van der Waals surface area contributed by atoms with Gasteiger partial charge in [0.2, 0.25) is 0 Å². The number of anilines is 1. The molecule has 2 rings (SSSR count). The quantitative estimate of drug-likeness (QED) is 0.275. The monoisotopic (exact) mass is 451 g/mol. The highest BCUT2D eigenvalue weighted by Crippen LogP contribution is 2.30. The van der Waals surface area contributed by atoms with Crippen molar-refractivity contribution in [1.82, 2.24) is 5.32 Å².